The number of benzene rings is 1. The van der Waals surface area contributed by atoms with E-state index in [0.29, 0.717) is 21.4 Å². The predicted octanol–water partition coefficient (Wildman–Crippen LogP) is 3.31. The summed E-state index contributed by atoms with van der Waals surface area (Å²) in [5, 5.41) is 5.90. The molecule has 0 radical (unpaired) electrons. The van der Waals surface area contributed by atoms with Crippen LogP contribution in [0.4, 0.5) is 0 Å². The molecular weight excluding hydrogens is 296 g/mol. The summed E-state index contributed by atoms with van der Waals surface area (Å²) in [6.07, 6.45) is 2.59. The van der Waals surface area contributed by atoms with Crippen LogP contribution in [0.15, 0.2) is 40.4 Å². The number of hydrogen-bond acceptors (Lipinski definition) is 4. The third kappa shape index (κ3) is 2.66. The van der Waals surface area contributed by atoms with Gasteiger partial charge in [0.05, 0.1) is 11.9 Å². The van der Waals surface area contributed by atoms with Gasteiger partial charge in [-0.1, -0.05) is 43.8 Å². The molecule has 114 valence electrons. The van der Waals surface area contributed by atoms with Crippen LogP contribution in [0.25, 0.3) is 16.7 Å². The fourth-order valence-corrected chi connectivity index (χ4v) is 3.04. The Kier molecular flexibility index (Phi) is 4.02. The number of H-pyrrole nitrogens is 1. The number of hydrogen-bond donors (Lipinski definition) is 1. The van der Waals surface area contributed by atoms with Gasteiger partial charge in [-0.3, -0.25) is 4.79 Å². The number of aromatic amines is 1. The summed E-state index contributed by atoms with van der Waals surface area (Å²) in [7, 11) is 0. The molecular formula is C16H18N4OS. The number of nitrogens with one attached hydrogen (secondary N) is 1. The average molecular weight is 314 g/mol. The molecule has 1 aromatic carbocycles. The second kappa shape index (κ2) is 5.96. The van der Waals surface area contributed by atoms with E-state index in [4.69, 9.17) is 0 Å². The lowest BCUT2D eigenvalue weighted by Gasteiger charge is -2.09. The van der Waals surface area contributed by atoms with Gasteiger partial charge in [-0.05, 0) is 25.0 Å². The summed E-state index contributed by atoms with van der Waals surface area (Å²) in [5.74, 6) is 0. The van der Waals surface area contributed by atoms with Crippen molar-refractivity contribution in [3.05, 3.63) is 46.4 Å². The molecule has 0 amide bonds. The van der Waals surface area contributed by atoms with Gasteiger partial charge in [-0.15, -0.1) is 0 Å². The highest BCUT2D eigenvalue weighted by atomic mass is 32.2. The van der Waals surface area contributed by atoms with Gasteiger partial charge < -0.3 is 4.98 Å². The van der Waals surface area contributed by atoms with Crippen LogP contribution in [0.1, 0.15) is 25.8 Å². The van der Waals surface area contributed by atoms with Crippen molar-refractivity contribution in [2.45, 2.75) is 37.6 Å². The minimum Gasteiger partial charge on any atom is -0.301 e. The first-order chi connectivity index (χ1) is 10.6. The highest BCUT2D eigenvalue weighted by Crippen LogP contribution is 2.23. The molecule has 2 aromatic heterocycles. The summed E-state index contributed by atoms with van der Waals surface area (Å²) in [6.45, 7) is 6.25. The molecule has 0 aliphatic carbocycles. The molecule has 3 rings (SSSR count). The highest BCUT2D eigenvalue weighted by Gasteiger charge is 2.14. The first-order valence-electron chi connectivity index (χ1n) is 7.31. The molecule has 3 aromatic rings. The standard InChI is InChI=1S/C16H18N4OS/c1-4-11(3)22-16-18-14-12(15(21)19-16)9-17-20(14)13-8-6-5-7-10(13)2/h5-9,11H,4H2,1-3H3,(H,18,19,21). The SMILES string of the molecule is CCC(C)Sc1nc2c(cnn2-c2ccccc2C)c(=O)[nH]1. The molecule has 5 nitrogen and oxygen atoms in total. The molecule has 0 aliphatic heterocycles. The van der Waals surface area contributed by atoms with Crippen molar-refractivity contribution in [3.8, 4) is 5.69 Å². The van der Waals surface area contributed by atoms with Crippen LogP contribution < -0.4 is 5.56 Å². The van der Waals surface area contributed by atoms with Crippen molar-refractivity contribution < 1.29 is 0 Å². The van der Waals surface area contributed by atoms with Gasteiger partial charge in [0, 0.05) is 5.25 Å². The number of aryl methyl sites for hydroxylation is 1. The normalized spacial score (nSPS) is 12.7. The van der Waals surface area contributed by atoms with Crippen molar-refractivity contribution in [3.63, 3.8) is 0 Å². The minimum atomic E-state index is -0.143. The average Bonchev–Trinajstić information content (AvgIpc) is 2.92. The van der Waals surface area contributed by atoms with Crippen molar-refractivity contribution in [2.75, 3.05) is 0 Å². The summed E-state index contributed by atoms with van der Waals surface area (Å²) in [5.41, 5.74) is 2.49. The molecule has 6 heteroatoms. The molecule has 1 unspecified atom stereocenters. The van der Waals surface area contributed by atoms with Crippen molar-refractivity contribution in [1.82, 2.24) is 19.7 Å². The Morgan fingerprint density at radius 3 is 2.86 bits per heavy atom. The van der Waals surface area contributed by atoms with Crippen molar-refractivity contribution in [1.29, 1.82) is 0 Å². The molecule has 0 saturated carbocycles. The maximum absolute atomic E-state index is 12.2. The van der Waals surface area contributed by atoms with Crippen LogP contribution in [0.3, 0.4) is 0 Å². The molecule has 0 bridgehead atoms. The van der Waals surface area contributed by atoms with E-state index in [1.165, 1.54) is 0 Å². The van der Waals surface area contributed by atoms with Crippen molar-refractivity contribution in [2.24, 2.45) is 0 Å². The van der Waals surface area contributed by atoms with E-state index in [-0.39, 0.29) is 5.56 Å². The number of rotatable bonds is 4. The zero-order chi connectivity index (χ0) is 15.7. The molecule has 0 aliphatic rings. The Morgan fingerprint density at radius 2 is 2.14 bits per heavy atom. The molecule has 0 fully saturated rings. The lowest BCUT2D eigenvalue weighted by atomic mass is 10.2. The molecule has 22 heavy (non-hydrogen) atoms. The molecule has 1 N–H and O–H groups in total. The Labute approximate surface area is 132 Å². The van der Waals surface area contributed by atoms with E-state index >= 15 is 0 Å². The first kappa shape index (κ1) is 14.8. The molecule has 1 atom stereocenters. The highest BCUT2D eigenvalue weighted by molar-refractivity contribution is 7.99. The third-order valence-corrected chi connectivity index (χ3v) is 4.80. The van der Waals surface area contributed by atoms with E-state index in [1.807, 2.05) is 31.2 Å². The number of thioether (sulfide) groups is 1. The predicted molar refractivity (Wildman–Crippen MR) is 89.8 cm³/mol. The fraction of sp³-hybridized carbons (Fsp3) is 0.312. The Morgan fingerprint density at radius 1 is 1.36 bits per heavy atom. The van der Waals surface area contributed by atoms with Crippen LogP contribution in [-0.4, -0.2) is 25.0 Å². The quantitative estimate of drug-likeness (QED) is 0.593. The molecule has 0 spiro atoms. The first-order valence-corrected chi connectivity index (χ1v) is 8.18. The lowest BCUT2D eigenvalue weighted by Crippen LogP contribution is -2.11. The largest absolute Gasteiger partial charge is 0.301 e. The van der Waals surface area contributed by atoms with Crippen LogP contribution >= 0.6 is 11.8 Å². The number of fused-ring (bicyclic) bond motifs is 1. The monoisotopic (exact) mass is 314 g/mol. The topological polar surface area (TPSA) is 63.6 Å². The zero-order valence-corrected chi connectivity index (χ0v) is 13.6. The van der Waals surface area contributed by atoms with Gasteiger partial charge in [-0.2, -0.15) is 5.10 Å². The number of aromatic nitrogens is 4. The van der Waals surface area contributed by atoms with E-state index < -0.39 is 0 Å². The number of nitrogens with zero attached hydrogens (tertiary/aromatic N) is 3. The fourth-order valence-electron chi connectivity index (χ4n) is 2.21. The van der Waals surface area contributed by atoms with E-state index in [0.717, 1.165) is 17.7 Å². The van der Waals surface area contributed by atoms with Crippen LogP contribution in [0.5, 0.6) is 0 Å². The summed E-state index contributed by atoms with van der Waals surface area (Å²) >= 11 is 1.58. The van der Waals surface area contributed by atoms with Gasteiger partial charge in [0.1, 0.15) is 5.39 Å². The Balaban J connectivity index is 2.17. The van der Waals surface area contributed by atoms with E-state index in [2.05, 4.69) is 28.9 Å². The maximum atomic E-state index is 12.2. The second-order valence-corrected chi connectivity index (χ2v) is 6.72. The smallest absolute Gasteiger partial charge is 0.262 e. The molecule has 2 heterocycles. The third-order valence-electron chi connectivity index (χ3n) is 3.65. The summed E-state index contributed by atoms with van der Waals surface area (Å²) in [6, 6.07) is 7.93. The van der Waals surface area contributed by atoms with Crippen LogP contribution in [-0.2, 0) is 0 Å². The number of para-hydroxylation sites is 1. The van der Waals surface area contributed by atoms with E-state index in [9.17, 15) is 4.79 Å². The Hall–Kier alpha value is -2.08. The van der Waals surface area contributed by atoms with Crippen LogP contribution in [0, 0.1) is 6.92 Å². The van der Waals surface area contributed by atoms with Gasteiger partial charge in [0.2, 0.25) is 0 Å². The van der Waals surface area contributed by atoms with E-state index in [1.54, 1.807) is 22.6 Å². The summed E-state index contributed by atoms with van der Waals surface area (Å²) in [4.78, 5) is 19.7. The Bertz CT molecular complexity index is 868. The lowest BCUT2D eigenvalue weighted by molar-refractivity contribution is 0.857. The van der Waals surface area contributed by atoms with Crippen LogP contribution in [0.2, 0.25) is 0 Å². The second-order valence-electron chi connectivity index (χ2n) is 5.29. The zero-order valence-electron chi connectivity index (χ0n) is 12.8. The van der Waals surface area contributed by atoms with Crippen molar-refractivity contribution >= 4 is 22.8 Å². The molecule has 0 saturated heterocycles. The van der Waals surface area contributed by atoms with Gasteiger partial charge in [0.25, 0.3) is 5.56 Å². The van der Waals surface area contributed by atoms with Gasteiger partial charge in [0.15, 0.2) is 10.8 Å². The van der Waals surface area contributed by atoms with Gasteiger partial charge in [-0.25, -0.2) is 9.67 Å². The summed E-state index contributed by atoms with van der Waals surface area (Å²) < 4.78 is 1.74. The van der Waals surface area contributed by atoms with Gasteiger partial charge >= 0.3 is 0 Å². The minimum absolute atomic E-state index is 0.143. The maximum Gasteiger partial charge on any atom is 0.262 e.